The number of aryl methyl sites for hydroxylation is 1. The van der Waals surface area contributed by atoms with Gasteiger partial charge < -0.3 is 10.2 Å². The summed E-state index contributed by atoms with van der Waals surface area (Å²) < 4.78 is 1.64. The second-order valence-electron chi connectivity index (χ2n) is 5.18. The first-order valence-electron chi connectivity index (χ1n) is 6.91. The average molecular weight is 341 g/mol. The lowest BCUT2D eigenvalue weighted by Crippen LogP contribution is -2.48. The van der Waals surface area contributed by atoms with Crippen molar-refractivity contribution in [2.45, 2.75) is 6.04 Å². The molecule has 7 heteroatoms. The molecule has 2 aromatic rings. The number of amides is 1. The highest BCUT2D eigenvalue weighted by atomic mass is 35.5. The fourth-order valence-electron chi connectivity index (χ4n) is 2.66. The predicted molar refractivity (Wildman–Crippen MR) is 88.6 cm³/mol. The van der Waals surface area contributed by atoms with Gasteiger partial charge in [0.15, 0.2) is 0 Å². The van der Waals surface area contributed by atoms with Gasteiger partial charge in [-0.2, -0.15) is 5.10 Å². The third-order valence-electron chi connectivity index (χ3n) is 3.69. The Morgan fingerprint density at radius 2 is 2.27 bits per heavy atom. The number of carbonyl (C=O) groups is 1. The van der Waals surface area contributed by atoms with Gasteiger partial charge in [0.25, 0.3) is 5.91 Å². The summed E-state index contributed by atoms with van der Waals surface area (Å²) in [5, 5.41) is 8.10. The summed E-state index contributed by atoms with van der Waals surface area (Å²) in [6, 6.07) is 7.67. The van der Waals surface area contributed by atoms with Gasteiger partial charge in [-0.3, -0.25) is 9.48 Å². The lowest BCUT2D eigenvalue weighted by Gasteiger charge is -2.36. The van der Waals surface area contributed by atoms with E-state index in [9.17, 15) is 4.79 Å². The molecule has 1 amide bonds. The van der Waals surface area contributed by atoms with Gasteiger partial charge in [-0.1, -0.05) is 23.7 Å². The smallest absolute Gasteiger partial charge is 0.257 e. The van der Waals surface area contributed by atoms with E-state index in [4.69, 9.17) is 11.6 Å². The molecule has 1 aliphatic heterocycles. The average Bonchev–Trinajstić information content (AvgIpc) is 2.93. The van der Waals surface area contributed by atoms with Crippen LogP contribution in [0.3, 0.4) is 0 Å². The molecule has 1 aromatic heterocycles. The van der Waals surface area contributed by atoms with Gasteiger partial charge in [-0.15, -0.1) is 12.4 Å². The molecule has 5 nitrogen and oxygen atoms in total. The molecule has 0 spiro atoms. The van der Waals surface area contributed by atoms with Crippen molar-refractivity contribution in [2.75, 3.05) is 19.6 Å². The van der Waals surface area contributed by atoms with Gasteiger partial charge in [0.1, 0.15) is 0 Å². The summed E-state index contributed by atoms with van der Waals surface area (Å²) in [5.74, 6) is 0.00887. The van der Waals surface area contributed by atoms with Crippen molar-refractivity contribution in [3.63, 3.8) is 0 Å². The summed E-state index contributed by atoms with van der Waals surface area (Å²) in [5.41, 5.74) is 1.67. The largest absolute Gasteiger partial charge is 0.329 e. The van der Waals surface area contributed by atoms with Gasteiger partial charge in [0.2, 0.25) is 0 Å². The van der Waals surface area contributed by atoms with Crippen molar-refractivity contribution < 1.29 is 4.79 Å². The molecule has 1 saturated heterocycles. The highest BCUT2D eigenvalue weighted by Crippen LogP contribution is 2.26. The Balaban J connectivity index is 0.00000176. The van der Waals surface area contributed by atoms with Crippen LogP contribution in [0.25, 0.3) is 0 Å². The zero-order chi connectivity index (χ0) is 14.8. The number of halogens is 2. The highest BCUT2D eigenvalue weighted by molar-refractivity contribution is 6.30. The molecule has 118 valence electrons. The van der Waals surface area contributed by atoms with Crippen molar-refractivity contribution in [1.82, 2.24) is 20.0 Å². The second kappa shape index (κ2) is 7.13. The molecule has 1 atom stereocenters. The van der Waals surface area contributed by atoms with E-state index in [-0.39, 0.29) is 24.4 Å². The number of benzene rings is 1. The topological polar surface area (TPSA) is 50.2 Å². The molecular weight excluding hydrogens is 323 g/mol. The Bertz CT molecular complexity index is 658. The minimum atomic E-state index is -0.00911. The van der Waals surface area contributed by atoms with E-state index in [0.29, 0.717) is 17.1 Å². The maximum absolute atomic E-state index is 12.7. The van der Waals surface area contributed by atoms with E-state index >= 15 is 0 Å². The van der Waals surface area contributed by atoms with Crippen molar-refractivity contribution in [1.29, 1.82) is 0 Å². The number of nitrogens with zero attached hydrogens (tertiary/aromatic N) is 3. The Morgan fingerprint density at radius 1 is 1.45 bits per heavy atom. The molecule has 22 heavy (non-hydrogen) atoms. The van der Waals surface area contributed by atoms with Gasteiger partial charge in [-0.05, 0) is 17.7 Å². The van der Waals surface area contributed by atoms with Gasteiger partial charge in [0, 0.05) is 37.9 Å². The molecule has 0 aliphatic carbocycles. The molecule has 1 unspecified atom stereocenters. The standard InChI is InChI=1S/C15H17ClN4O.ClH/c1-19-10-12(8-18-19)15(21)20-6-5-17-9-14(20)11-3-2-4-13(16)7-11;/h2-4,7-8,10,14,17H,5-6,9H2,1H3;1H. The SMILES string of the molecule is Cl.Cn1cc(C(=O)N2CCNCC2c2cccc(Cl)c2)cn1. The number of carbonyl (C=O) groups excluding carboxylic acids is 1. The molecule has 2 heterocycles. The van der Waals surface area contributed by atoms with Crippen molar-refractivity contribution in [2.24, 2.45) is 7.05 Å². The molecule has 3 rings (SSSR count). The van der Waals surface area contributed by atoms with E-state index in [1.807, 2.05) is 36.2 Å². The summed E-state index contributed by atoms with van der Waals surface area (Å²) >= 11 is 6.07. The zero-order valence-electron chi connectivity index (χ0n) is 12.2. The van der Waals surface area contributed by atoms with Crippen LogP contribution in [0.4, 0.5) is 0 Å². The summed E-state index contributed by atoms with van der Waals surface area (Å²) in [6.07, 6.45) is 3.36. The van der Waals surface area contributed by atoms with E-state index in [1.165, 1.54) is 0 Å². The minimum absolute atomic E-state index is 0. The van der Waals surface area contributed by atoms with Gasteiger partial charge >= 0.3 is 0 Å². The maximum atomic E-state index is 12.7. The monoisotopic (exact) mass is 340 g/mol. The summed E-state index contributed by atoms with van der Waals surface area (Å²) in [4.78, 5) is 14.6. The van der Waals surface area contributed by atoms with Crippen LogP contribution in [-0.2, 0) is 7.05 Å². The quantitative estimate of drug-likeness (QED) is 0.912. The number of nitrogens with one attached hydrogen (secondary N) is 1. The van der Waals surface area contributed by atoms with Gasteiger partial charge in [-0.25, -0.2) is 0 Å². The number of rotatable bonds is 2. The highest BCUT2D eigenvalue weighted by Gasteiger charge is 2.29. The third kappa shape index (κ3) is 3.43. The maximum Gasteiger partial charge on any atom is 0.257 e. The van der Waals surface area contributed by atoms with E-state index in [2.05, 4.69) is 10.4 Å². The van der Waals surface area contributed by atoms with Crippen molar-refractivity contribution >= 4 is 29.9 Å². The van der Waals surface area contributed by atoms with E-state index in [0.717, 1.165) is 18.7 Å². The van der Waals surface area contributed by atoms with Crippen molar-refractivity contribution in [3.8, 4) is 0 Å². The number of aromatic nitrogens is 2. The van der Waals surface area contributed by atoms with Crippen LogP contribution >= 0.6 is 24.0 Å². The lowest BCUT2D eigenvalue weighted by molar-refractivity contribution is 0.0634. The first kappa shape index (κ1) is 16.8. The first-order valence-corrected chi connectivity index (χ1v) is 7.29. The third-order valence-corrected chi connectivity index (χ3v) is 3.92. The predicted octanol–water partition coefficient (Wildman–Crippen LogP) is 2.28. The Morgan fingerprint density at radius 3 is 2.95 bits per heavy atom. The first-order chi connectivity index (χ1) is 10.1. The fourth-order valence-corrected chi connectivity index (χ4v) is 2.86. The van der Waals surface area contributed by atoms with Crippen molar-refractivity contribution in [3.05, 3.63) is 52.8 Å². The summed E-state index contributed by atoms with van der Waals surface area (Å²) in [7, 11) is 1.81. The number of hydrogen-bond donors (Lipinski definition) is 1. The molecule has 1 fully saturated rings. The normalized spacial score (nSPS) is 17.9. The van der Waals surface area contributed by atoms with Crippen LogP contribution in [0.2, 0.25) is 5.02 Å². The molecule has 1 N–H and O–H groups in total. The number of hydrogen-bond acceptors (Lipinski definition) is 3. The Labute approximate surface area is 140 Å². The molecule has 1 aromatic carbocycles. The van der Waals surface area contributed by atoms with Crippen LogP contribution < -0.4 is 5.32 Å². The van der Waals surface area contributed by atoms with Crippen LogP contribution in [0.1, 0.15) is 22.0 Å². The summed E-state index contributed by atoms with van der Waals surface area (Å²) in [6.45, 7) is 2.19. The lowest BCUT2D eigenvalue weighted by atomic mass is 10.0. The Kier molecular flexibility index (Phi) is 5.45. The molecule has 0 bridgehead atoms. The zero-order valence-corrected chi connectivity index (χ0v) is 13.8. The second-order valence-corrected chi connectivity index (χ2v) is 5.61. The van der Waals surface area contributed by atoms with Crippen LogP contribution in [0.5, 0.6) is 0 Å². The molecule has 1 aliphatic rings. The molecular formula is C15H18Cl2N4O. The number of piperazine rings is 1. The van der Waals surface area contributed by atoms with Gasteiger partial charge in [0.05, 0.1) is 17.8 Å². The molecule has 0 radical (unpaired) electrons. The van der Waals surface area contributed by atoms with E-state index in [1.54, 1.807) is 17.1 Å². The molecule has 0 saturated carbocycles. The fraction of sp³-hybridized carbons (Fsp3) is 0.333. The van der Waals surface area contributed by atoms with E-state index < -0.39 is 0 Å². The van der Waals surface area contributed by atoms with Crippen LogP contribution in [-0.4, -0.2) is 40.2 Å². The minimum Gasteiger partial charge on any atom is -0.329 e. The van der Waals surface area contributed by atoms with Crippen LogP contribution in [0.15, 0.2) is 36.7 Å². The van der Waals surface area contributed by atoms with Crippen LogP contribution in [0, 0.1) is 0 Å². The Hall–Kier alpha value is -1.56.